The lowest BCUT2D eigenvalue weighted by atomic mass is 9.62. The van der Waals surface area contributed by atoms with Gasteiger partial charge in [-0.3, -0.25) is 9.59 Å². The highest BCUT2D eigenvalue weighted by Gasteiger charge is 2.46. The van der Waals surface area contributed by atoms with Crippen molar-refractivity contribution in [3.63, 3.8) is 0 Å². The van der Waals surface area contributed by atoms with E-state index in [2.05, 4.69) is 19.2 Å². The largest absolute Gasteiger partial charge is 0.481 e. The molecule has 1 saturated carbocycles. The van der Waals surface area contributed by atoms with E-state index in [1.165, 1.54) is 5.56 Å². The Balaban J connectivity index is 1.76. The van der Waals surface area contributed by atoms with Gasteiger partial charge in [0.1, 0.15) is 0 Å². The molecule has 0 radical (unpaired) electrons. The quantitative estimate of drug-likeness (QED) is 0.390. The summed E-state index contributed by atoms with van der Waals surface area (Å²) in [6, 6.07) is 5.74. The lowest BCUT2D eigenvalue weighted by Gasteiger charge is -2.49. The van der Waals surface area contributed by atoms with Crippen LogP contribution in [0.25, 0.3) is 0 Å². The van der Waals surface area contributed by atoms with Crippen molar-refractivity contribution < 1.29 is 24.5 Å². The molecule has 2 unspecified atom stereocenters. The summed E-state index contributed by atoms with van der Waals surface area (Å²) in [6.07, 6.45) is 6.76. The normalized spacial score (nSPS) is 27.1. The summed E-state index contributed by atoms with van der Waals surface area (Å²) in [7, 11) is 1.73. The molecule has 7 nitrogen and oxygen atoms in total. The predicted molar refractivity (Wildman–Crippen MR) is 132 cm³/mol. The van der Waals surface area contributed by atoms with E-state index in [0.29, 0.717) is 30.9 Å². The summed E-state index contributed by atoms with van der Waals surface area (Å²) in [4.78, 5) is 23.9. The number of nitrogens with one attached hydrogen (secondary N) is 1. The molecule has 1 aromatic rings. The lowest BCUT2D eigenvalue weighted by Crippen LogP contribution is -2.59. The number of ether oxygens (including phenoxy) is 1. The molecule has 0 bridgehead atoms. The first-order chi connectivity index (χ1) is 16.2. The molecule has 190 valence electrons. The van der Waals surface area contributed by atoms with Gasteiger partial charge in [-0.1, -0.05) is 19.9 Å². The van der Waals surface area contributed by atoms with Crippen LogP contribution in [0.4, 0.5) is 0 Å². The smallest absolute Gasteiger partial charge is 0.306 e. The Kier molecular flexibility index (Phi) is 9.13. The van der Waals surface area contributed by atoms with E-state index in [4.69, 9.17) is 10.5 Å². The van der Waals surface area contributed by atoms with E-state index < -0.39 is 17.8 Å². The van der Waals surface area contributed by atoms with Crippen molar-refractivity contribution in [2.24, 2.45) is 17.6 Å². The van der Waals surface area contributed by atoms with Crippen molar-refractivity contribution in [1.29, 1.82) is 0 Å². The summed E-state index contributed by atoms with van der Waals surface area (Å²) in [5.74, 6) is -1.20. The summed E-state index contributed by atoms with van der Waals surface area (Å²) in [5, 5.41) is 23.3. The molecule has 0 saturated heterocycles. The fraction of sp³-hybridized carbons (Fsp3) is 0.704. The molecule has 2 aliphatic rings. The Morgan fingerprint density at radius 3 is 2.44 bits per heavy atom. The molecule has 1 fully saturated rings. The molecule has 1 amide bonds. The maximum Gasteiger partial charge on any atom is 0.306 e. The maximum atomic E-state index is 12.0. The van der Waals surface area contributed by atoms with Crippen molar-refractivity contribution in [1.82, 2.24) is 5.32 Å². The molecular formula is C27H42N2O5. The first-order valence-corrected chi connectivity index (χ1v) is 12.9. The predicted octanol–water partition coefficient (Wildman–Crippen LogP) is 3.40. The maximum absolute atomic E-state index is 12.0. The van der Waals surface area contributed by atoms with Gasteiger partial charge in [-0.15, -0.1) is 0 Å². The molecule has 5 N–H and O–H groups in total. The van der Waals surface area contributed by atoms with E-state index in [1.54, 1.807) is 13.2 Å². The number of aliphatic hydroxyl groups is 1. The van der Waals surface area contributed by atoms with Crippen LogP contribution in [0.15, 0.2) is 18.2 Å². The van der Waals surface area contributed by atoms with E-state index in [9.17, 15) is 19.8 Å². The van der Waals surface area contributed by atoms with Crippen LogP contribution in [0.2, 0.25) is 0 Å². The zero-order chi connectivity index (χ0) is 24.9. The van der Waals surface area contributed by atoms with Gasteiger partial charge in [0.2, 0.25) is 5.91 Å². The van der Waals surface area contributed by atoms with E-state index in [0.717, 1.165) is 50.5 Å². The molecule has 34 heavy (non-hydrogen) atoms. The number of carbonyl (C=O) groups excluding carboxylic acids is 1. The van der Waals surface area contributed by atoms with Gasteiger partial charge in [0.25, 0.3) is 0 Å². The standard InChI is InChI=1S/C27H42N2O5/c1-4-27(5-2)22-15-19(25(28)31)9-8-18(22)16-23(34-3)24(27)29-13-12-20(26(32)33)14-17-6-10-21(30)11-7-17/h8-9,15,17,20-21,23-24,29-30H,4-7,10-14,16H2,1-3H3,(H2,28,31)(H,32,33)/t17?,20?,21?,23?,24-/m1/s1. The van der Waals surface area contributed by atoms with Gasteiger partial charge >= 0.3 is 5.97 Å². The summed E-state index contributed by atoms with van der Waals surface area (Å²) < 4.78 is 5.94. The Morgan fingerprint density at radius 1 is 1.21 bits per heavy atom. The number of aliphatic hydroxyl groups excluding tert-OH is 1. The van der Waals surface area contributed by atoms with Crippen LogP contribution in [0.5, 0.6) is 0 Å². The lowest BCUT2D eigenvalue weighted by molar-refractivity contribution is -0.142. The molecular weight excluding hydrogens is 432 g/mol. The second-order valence-electron chi connectivity index (χ2n) is 10.2. The summed E-state index contributed by atoms with van der Waals surface area (Å²) >= 11 is 0. The van der Waals surface area contributed by atoms with Crippen LogP contribution >= 0.6 is 0 Å². The van der Waals surface area contributed by atoms with Crippen molar-refractivity contribution in [2.75, 3.05) is 13.7 Å². The van der Waals surface area contributed by atoms with Crippen LogP contribution in [0.1, 0.15) is 86.7 Å². The van der Waals surface area contributed by atoms with E-state index in [-0.39, 0.29) is 23.7 Å². The van der Waals surface area contributed by atoms with Crippen molar-refractivity contribution in [2.45, 2.75) is 95.3 Å². The second-order valence-corrected chi connectivity index (χ2v) is 10.2. The molecule has 0 spiro atoms. The topological polar surface area (TPSA) is 122 Å². The van der Waals surface area contributed by atoms with Gasteiger partial charge in [-0.25, -0.2) is 0 Å². The van der Waals surface area contributed by atoms with E-state index in [1.807, 2.05) is 12.1 Å². The summed E-state index contributed by atoms with van der Waals surface area (Å²) in [6.45, 7) is 4.91. The van der Waals surface area contributed by atoms with Crippen LogP contribution in [-0.4, -0.2) is 54.0 Å². The Bertz CT molecular complexity index is 845. The summed E-state index contributed by atoms with van der Waals surface area (Å²) in [5.41, 5.74) is 8.19. The Hall–Kier alpha value is -1.96. The second kappa shape index (κ2) is 11.6. The van der Waals surface area contributed by atoms with E-state index >= 15 is 0 Å². The number of amides is 1. The van der Waals surface area contributed by atoms with Gasteiger partial charge in [0.15, 0.2) is 0 Å². The SMILES string of the molecule is CCC1(CC)c2cc(C(N)=O)ccc2CC(OC)[C@H]1NCCC(CC1CCC(O)CC1)C(=O)O. The number of carboxylic acids is 1. The van der Waals surface area contributed by atoms with Gasteiger partial charge < -0.3 is 26.0 Å². The van der Waals surface area contributed by atoms with Crippen LogP contribution in [-0.2, 0) is 21.4 Å². The molecule has 1 aromatic carbocycles. The highest BCUT2D eigenvalue weighted by Crippen LogP contribution is 2.44. The number of hydrogen-bond acceptors (Lipinski definition) is 5. The number of rotatable bonds is 11. The number of benzene rings is 1. The number of fused-ring (bicyclic) bond motifs is 1. The van der Waals surface area contributed by atoms with Crippen LogP contribution < -0.4 is 11.1 Å². The number of methoxy groups -OCH3 is 1. The first-order valence-electron chi connectivity index (χ1n) is 12.9. The zero-order valence-corrected chi connectivity index (χ0v) is 20.9. The van der Waals surface area contributed by atoms with Gasteiger partial charge in [-0.2, -0.15) is 0 Å². The minimum atomic E-state index is -0.742. The highest BCUT2D eigenvalue weighted by atomic mass is 16.5. The van der Waals surface area contributed by atoms with Crippen molar-refractivity contribution in [3.05, 3.63) is 34.9 Å². The minimum Gasteiger partial charge on any atom is -0.481 e. The number of nitrogens with two attached hydrogens (primary N) is 1. The first kappa shape index (κ1) is 26.6. The molecule has 0 aliphatic heterocycles. The van der Waals surface area contributed by atoms with Gasteiger partial charge in [0.05, 0.1) is 18.1 Å². The minimum absolute atomic E-state index is 0.00222. The number of primary amides is 1. The monoisotopic (exact) mass is 474 g/mol. The molecule has 7 heteroatoms. The molecule has 0 heterocycles. The number of carbonyl (C=O) groups is 2. The Labute approximate surface area is 203 Å². The van der Waals surface area contributed by atoms with Crippen molar-refractivity contribution in [3.8, 4) is 0 Å². The zero-order valence-electron chi connectivity index (χ0n) is 20.9. The number of hydrogen-bond donors (Lipinski definition) is 4. The van der Waals surface area contributed by atoms with Gasteiger partial charge in [0, 0.05) is 30.6 Å². The number of aliphatic carboxylic acids is 1. The average Bonchev–Trinajstić information content (AvgIpc) is 2.83. The molecule has 0 aromatic heterocycles. The third-order valence-electron chi connectivity index (χ3n) is 8.52. The number of carboxylic acid groups (broad SMARTS) is 1. The molecule has 3 rings (SSSR count). The van der Waals surface area contributed by atoms with Crippen LogP contribution in [0.3, 0.4) is 0 Å². The van der Waals surface area contributed by atoms with Crippen LogP contribution in [0, 0.1) is 11.8 Å². The fourth-order valence-electron chi connectivity index (χ4n) is 6.38. The fourth-order valence-corrected chi connectivity index (χ4v) is 6.38. The van der Waals surface area contributed by atoms with Crippen molar-refractivity contribution >= 4 is 11.9 Å². The highest BCUT2D eigenvalue weighted by molar-refractivity contribution is 5.93. The van der Waals surface area contributed by atoms with Gasteiger partial charge in [-0.05, 0) is 87.1 Å². The molecule has 3 atom stereocenters. The average molecular weight is 475 g/mol. The molecule has 2 aliphatic carbocycles. The third-order valence-corrected chi connectivity index (χ3v) is 8.52. The Morgan fingerprint density at radius 2 is 1.88 bits per heavy atom. The third kappa shape index (κ3) is 5.64.